The van der Waals surface area contributed by atoms with Crippen molar-refractivity contribution >= 4 is 0 Å². The van der Waals surface area contributed by atoms with Crippen molar-refractivity contribution < 1.29 is 4.74 Å². The molecule has 0 aliphatic heterocycles. The number of nitrogens with zero attached hydrogens (tertiary/aromatic N) is 2. The molecule has 0 atom stereocenters. The zero-order valence-corrected chi connectivity index (χ0v) is 16.5. The third kappa shape index (κ3) is 3.99. The van der Waals surface area contributed by atoms with Crippen LogP contribution in [0.2, 0.25) is 0 Å². The van der Waals surface area contributed by atoms with Crippen LogP contribution in [0.15, 0.2) is 79.3 Å². The van der Waals surface area contributed by atoms with E-state index in [1.807, 2.05) is 17.0 Å². The zero-order chi connectivity index (χ0) is 19.5. The maximum absolute atomic E-state index is 6.15. The van der Waals surface area contributed by atoms with Gasteiger partial charge in [0.25, 0.3) is 0 Å². The monoisotopic (exact) mass is 368 g/mol. The highest BCUT2D eigenvalue weighted by atomic mass is 16.5. The fourth-order valence-corrected chi connectivity index (χ4v) is 3.48. The molecule has 0 radical (unpaired) electrons. The van der Waals surface area contributed by atoms with E-state index in [1.54, 1.807) is 6.20 Å². The van der Waals surface area contributed by atoms with Crippen LogP contribution in [0.5, 0.6) is 11.6 Å². The Balaban J connectivity index is 1.56. The van der Waals surface area contributed by atoms with Crippen molar-refractivity contribution in [3.05, 3.63) is 102 Å². The van der Waals surface area contributed by atoms with Gasteiger partial charge in [-0.15, -0.1) is 0 Å². The zero-order valence-electron chi connectivity index (χ0n) is 16.5. The lowest BCUT2D eigenvalue weighted by molar-refractivity contribution is 0.436. The molecule has 0 saturated heterocycles. The average Bonchev–Trinajstić information content (AvgIpc) is 3.08. The summed E-state index contributed by atoms with van der Waals surface area (Å²) in [6.07, 6.45) is 3.57. The Bertz CT molecular complexity index is 1110. The second kappa shape index (κ2) is 7.73. The minimum absolute atomic E-state index is 0.734. The number of hydrogen-bond donors (Lipinski definition) is 0. The largest absolute Gasteiger partial charge is 0.439 e. The molecule has 0 amide bonds. The minimum Gasteiger partial charge on any atom is -0.439 e. The van der Waals surface area contributed by atoms with Crippen LogP contribution in [-0.2, 0) is 6.54 Å². The van der Waals surface area contributed by atoms with Crippen LogP contribution in [0, 0.1) is 20.8 Å². The molecule has 3 heteroatoms. The second-order valence-electron chi connectivity index (χ2n) is 7.30. The van der Waals surface area contributed by atoms with Gasteiger partial charge in [-0.25, -0.2) is 4.98 Å². The number of aromatic nitrogens is 2. The van der Waals surface area contributed by atoms with Crippen LogP contribution < -0.4 is 4.74 Å². The van der Waals surface area contributed by atoms with Crippen molar-refractivity contribution in [1.82, 2.24) is 9.55 Å². The van der Waals surface area contributed by atoms with Gasteiger partial charge in [0.1, 0.15) is 5.75 Å². The van der Waals surface area contributed by atoms with E-state index >= 15 is 0 Å². The molecule has 0 fully saturated rings. The van der Waals surface area contributed by atoms with Gasteiger partial charge in [0.05, 0.1) is 19.1 Å². The summed E-state index contributed by atoms with van der Waals surface area (Å²) in [7, 11) is 0. The number of aryl methyl sites for hydroxylation is 3. The Labute approximate surface area is 166 Å². The van der Waals surface area contributed by atoms with E-state index in [0.29, 0.717) is 0 Å². The Morgan fingerprint density at radius 2 is 1.64 bits per heavy atom. The molecule has 0 spiro atoms. The molecule has 1 aromatic heterocycles. The highest BCUT2D eigenvalue weighted by molar-refractivity contribution is 5.68. The maximum Gasteiger partial charge on any atom is 0.219 e. The van der Waals surface area contributed by atoms with Crippen LogP contribution in [0.25, 0.3) is 11.1 Å². The second-order valence-corrected chi connectivity index (χ2v) is 7.30. The molecule has 0 bridgehead atoms. The average molecular weight is 368 g/mol. The molecule has 28 heavy (non-hydrogen) atoms. The maximum atomic E-state index is 6.15. The van der Waals surface area contributed by atoms with Crippen molar-refractivity contribution in [2.24, 2.45) is 0 Å². The molecule has 0 N–H and O–H groups in total. The molecular formula is C25H24N2O. The number of rotatable bonds is 5. The molecule has 140 valence electrons. The van der Waals surface area contributed by atoms with Crippen molar-refractivity contribution in [3.63, 3.8) is 0 Å². The lowest BCUT2D eigenvalue weighted by atomic mass is 9.99. The number of imidazole rings is 1. The van der Waals surface area contributed by atoms with E-state index in [4.69, 9.17) is 4.74 Å². The predicted molar refractivity (Wildman–Crippen MR) is 114 cm³/mol. The quantitative estimate of drug-likeness (QED) is 0.412. The smallest absolute Gasteiger partial charge is 0.219 e. The summed E-state index contributed by atoms with van der Waals surface area (Å²) in [4.78, 5) is 4.27. The molecule has 0 aliphatic carbocycles. The summed E-state index contributed by atoms with van der Waals surface area (Å²) in [5.41, 5.74) is 7.39. The molecule has 0 saturated carbocycles. The number of benzene rings is 3. The first-order valence-corrected chi connectivity index (χ1v) is 9.50. The molecule has 0 aliphatic rings. The normalized spacial score (nSPS) is 10.8. The van der Waals surface area contributed by atoms with Crippen molar-refractivity contribution in [2.75, 3.05) is 0 Å². The van der Waals surface area contributed by atoms with E-state index in [9.17, 15) is 0 Å². The van der Waals surface area contributed by atoms with E-state index in [-0.39, 0.29) is 0 Å². The van der Waals surface area contributed by atoms with Crippen LogP contribution >= 0.6 is 0 Å². The van der Waals surface area contributed by atoms with Crippen molar-refractivity contribution in [3.8, 4) is 22.8 Å². The predicted octanol–water partition coefficient (Wildman–Crippen LogP) is 6.32. The van der Waals surface area contributed by atoms with E-state index in [2.05, 4.69) is 86.4 Å². The van der Waals surface area contributed by atoms with E-state index in [0.717, 1.165) is 18.2 Å². The van der Waals surface area contributed by atoms with Crippen LogP contribution in [0.4, 0.5) is 0 Å². The number of hydrogen-bond acceptors (Lipinski definition) is 2. The fourth-order valence-electron chi connectivity index (χ4n) is 3.48. The first kappa shape index (κ1) is 18.1. The van der Waals surface area contributed by atoms with Gasteiger partial charge in [0.2, 0.25) is 5.88 Å². The minimum atomic E-state index is 0.734. The van der Waals surface area contributed by atoms with Gasteiger partial charge in [-0.2, -0.15) is 0 Å². The molecule has 4 rings (SSSR count). The summed E-state index contributed by atoms with van der Waals surface area (Å²) < 4.78 is 8.17. The lowest BCUT2D eigenvalue weighted by Gasteiger charge is -2.12. The van der Waals surface area contributed by atoms with Crippen LogP contribution in [-0.4, -0.2) is 9.55 Å². The first-order chi connectivity index (χ1) is 13.6. The SMILES string of the molecule is Cc1cccc(Cn2cncc2Oc2ccc(-c3cccc(C)c3)c(C)c2)c1. The van der Waals surface area contributed by atoms with Crippen LogP contribution in [0.1, 0.15) is 22.3 Å². The van der Waals surface area contributed by atoms with E-state index < -0.39 is 0 Å². The third-order valence-electron chi connectivity index (χ3n) is 4.86. The standard InChI is InChI=1S/C25H24N2O/c1-18-6-4-8-21(12-18)16-27-17-26-15-25(27)28-23-10-11-24(20(3)14-23)22-9-5-7-19(2)13-22/h4-15,17H,16H2,1-3H3. The van der Waals surface area contributed by atoms with Gasteiger partial charge < -0.3 is 4.74 Å². The Kier molecular flexibility index (Phi) is 4.98. The Morgan fingerprint density at radius 3 is 2.39 bits per heavy atom. The fraction of sp³-hybridized carbons (Fsp3) is 0.160. The molecule has 3 nitrogen and oxygen atoms in total. The summed E-state index contributed by atoms with van der Waals surface area (Å²) in [6.45, 7) is 7.07. The topological polar surface area (TPSA) is 27.1 Å². The first-order valence-electron chi connectivity index (χ1n) is 9.50. The van der Waals surface area contributed by atoms with Crippen LogP contribution in [0.3, 0.4) is 0 Å². The Hall–Kier alpha value is -3.33. The summed E-state index contributed by atoms with van der Waals surface area (Å²) in [6, 6.07) is 23.3. The summed E-state index contributed by atoms with van der Waals surface area (Å²) in [5, 5.41) is 0. The molecule has 3 aromatic carbocycles. The Morgan fingerprint density at radius 1 is 0.857 bits per heavy atom. The molecule has 0 unspecified atom stereocenters. The van der Waals surface area contributed by atoms with Gasteiger partial charge in [-0.1, -0.05) is 65.7 Å². The van der Waals surface area contributed by atoms with Gasteiger partial charge >= 0.3 is 0 Å². The molecule has 4 aromatic rings. The van der Waals surface area contributed by atoms with Gasteiger partial charge in [0.15, 0.2) is 0 Å². The van der Waals surface area contributed by atoms with Crippen molar-refractivity contribution in [1.29, 1.82) is 0 Å². The lowest BCUT2D eigenvalue weighted by Crippen LogP contribution is -2.01. The van der Waals surface area contributed by atoms with Gasteiger partial charge in [-0.05, 0) is 55.2 Å². The molecular weight excluding hydrogens is 344 g/mol. The van der Waals surface area contributed by atoms with Gasteiger partial charge in [-0.3, -0.25) is 4.57 Å². The highest BCUT2D eigenvalue weighted by Crippen LogP contribution is 2.30. The van der Waals surface area contributed by atoms with Crippen molar-refractivity contribution in [2.45, 2.75) is 27.3 Å². The third-order valence-corrected chi connectivity index (χ3v) is 4.86. The highest BCUT2D eigenvalue weighted by Gasteiger charge is 2.08. The molecule has 1 heterocycles. The summed E-state index contributed by atoms with van der Waals surface area (Å²) >= 11 is 0. The summed E-state index contributed by atoms with van der Waals surface area (Å²) in [5.74, 6) is 1.56. The van der Waals surface area contributed by atoms with E-state index in [1.165, 1.54) is 33.4 Å². The van der Waals surface area contributed by atoms with Gasteiger partial charge in [0, 0.05) is 0 Å². The number of ether oxygens (including phenoxy) is 1.